The van der Waals surface area contributed by atoms with Crippen molar-refractivity contribution in [3.05, 3.63) is 48.4 Å². The molecule has 1 aromatic heterocycles. The number of para-hydroxylation sites is 2. The van der Waals surface area contributed by atoms with E-state index in [1.807, 2.05) is 24.3 Å². The highest BCUT2D eigenvalue weighted by Crippen LogP contribution is 2.08. The Hall–Kier alpha value is -2.27. The van der Waals surface area contributed by atoms with Crippen molar-refractivity contribution in [2.24, 2.45) is 5.84 Å². The molecule has 5 nitrogen and oxygen atoms in total. The van der Waals surface area contributed by atoms with Gasteiger partial charge in [0.2, 0.25) is 0 Å². The maximum atomic E-state index is 7.72. The molecule has 0 aliphatic carbocycles. The van der Waals surface area contributed by atoms with E-state index in [-0.39, 0.29) is 5.71 Å². The topological polar surface area (TPSA) is 87.7 Å². The number of aromatic nitrogens is 2. The molecular weight excluding hydrogens is 202 g/mol. The van der Waals surface area contributed by atoms with Gasteiger partial charge < -0.3 is 5.43 Å². The van der Waals surface area contributed by atoms with Gasteiger partial charge in [0.1, 0.15) is 5.69 Å². The van der Waals surface area contributed by atoms with Gasteiger partial charge in [-0.3, -0.25) is 16.2 Å². The molecule has 0 unspecified atom stereocenters. The lowest BCUT2D eigenvalue weighted by molar-refractivity contribution is 0.969. The molecule has 0 aliphatic rings. The van der Waals surface area contributed by atoms with Gasteiger partial charge in [0.15, 0.2) is 0 Å². The van der Waals surface area contributed by atoms with Gasteiger partial charge >= 0.3 is 0 Å². The highest BCUT2D eigenvalue weighted by Gasteiger charge is 2.01. The Balaban J connectivity index is 2.39. The molecule has 0 aliphatic heterocycles. The molecule has 0 bridgehead atoms. The first-order chi connectivity index (χ1) is 7.81. The molecule has 2 rings (SSSR count). The summed E-state index contributed by atoms with van der Waals surface area (Å²) in [5.74, 6) is 5.08. The van der Waals surface area contributed by atoms with Crippen LogP contribution in [-0.2, 0) is 0 Å². The van der Waals surface area contributed by atoms with E-state index in [2.05, 4.69) is 15.4 Å². The summed E-state index contributed by atoms with van der Waals surface area (Å²) in [7, 11) is 0. The molecule has 2 aromatic rings. The van der Waals surface area contributed by atoms with Gasteiger partial charge in [0.05, 0.1) is 22.9 Å². The molecule has 16 heavy (non-hydrogen) atoms. The summed E-state index contributed by atoms with van der Waals surface area (Å²) in [6, 6.07) is 7.54. The summed E-state index contributed by atoms with van der Waals surface area (Å²) < 4.78 is 0. The Morgan fingerprint density at radius 3 is 2.81 bits per heavy atom. The number of benzene rings is 1. The molecule has 4 N–H and O–H groups in total. The van der Waals surface area contributed by atoms with E-state index >= 15 is 0 Å². The van der Waals surface area contributed by atoms with E-state index in [1.165, 1.54) is 12.3 Å². The third-order valence-electron chi connectivity index (χ3n) is 2.07. The predicted octanol–water partition coefficient (Wildman–Crippen LogP) is 0.975. The zero-order valence-electron chi connectivity index (χ0n) is 8.51. The second-order valence-electron chi connectivity index (χ2n) is 3.16. The van der Waals surface area contributed by atoms with E-state index in [9.17, 15) is 0 Å². The molecule has 1 aromatic carbocycles. The van der Waals surface area contributed by atoms with Gasteiger partial charge in [-0.15, -0.1) is 0 Å². The first-order valence-electron chi connectivity index (χ1n) is 4.74. The Labute approximate surface area is 92.5 Å². The third-order valence-corrected chi connectivity index (χ3v) is 2.07. The van der Waals surface area contributed by atoms with E-state index in [0.717, 1.165) is 11.0 Å². The highest BCUT2D eigenvalue weighted by atomic mass is 15.2. The van der Waals surface area contributed by atoms with Crippen LogP contribution in [0.5, 0.6) is 0 Å². The van der Waals surface area contributed by atoms with Crippen molar-refractivity contribution in [2.75, 3.05) is 0 Å². The molecular formula is C11H11N5. The maximum Gasteiger partial charge on any atom is 0.107 e. The standard InChI is InChI=1S/C11H11N5/c12-8(5-6-15-13)11-7-14-9-3-1-2-4-10(9)16-11/h1-7,12,15H,13H2/b6-5-,12-8?. The number of nitrogens with zero attached hydrogens (tertiary/aromatic N) is 2. The van der Waals surface area contributed by atoms with Gasteiger partial charge in [0.25, 0.3) is 0 Å². The Bertz CT molecular complexity index is 547. The lowest BCUT2D eigenvalue weighted by Crippen LogP contribution is -2.14. The predicted molar refractivity (Wildman–Crippen MR) is 62.8 cm³/mol. The van der Waals surface area contributed by atoms with Crippen LogP contribution in [0.4, 0.5) is 0 Å². The second-order valence-corrected chi connectivity index (χ2v) is 3.16. The van der Waals surface area contributed by atoms with Crippen LogP contribution in [-0.4, -0.2) is 15.7 Å². The normalized spacial score (nSPS) is 10.8. The summed E-state index contributed by atoms with van der Waals surface area (Å²) in [5, 5.41) is 7.72. The van der Waals surface area contributed by atoms with Crippen LogP contribution < -0.4 is 11.3 Å². The minimum Gasteiger partial charge on any atom is -0.331 e. The lowest BCUT2D eigenvalue weighted by Gasteiger charge is -2.00. The molecule has 0 fully saturated rings. The molecule has 1 heterocycles. The molecule has 0 atom stereocenters. The number of nitrogens with two attached hydrogens (primary N) is 1. The van der Waals surface area contributed by atoms with E-state index in [1.54, 1.807) is 6.20 Å². The lowest BCUT2D eigenvalue weighted by atomic mass is 10.2. The van der Waals surface area contributed by atoms with Gasteiger partial charge in [-0.05, 0) is 18.2 Å². The zero-order chi connectivity index (χ0) is 11.4. The smallest absolute Gasteiger partial charge is 0.107 e. The van der Waals surface area contributed by atoms with Crippen molar-refractivity contribution in [3.8, 4) is 0 Å². The van der Waals surface area contributed by atoms with Crippen LogP contribution in [0, 0.1) is 5.41 Å². The number of nitrogens with one attached hydrogen (secondary N) is 2. The molecule has 80 valence electrons. The summed E-state index contributed by atoms with van der Waals surface area (Å²) in [6.45, 7) is 0. The summed E-state index contributed by atoms with van der Waals surface area (Å²) in [4.78, 5) is 8.54. The fourth-order valence-electron chi connectivity index (χ4n) is 1.30. The van der Waals surface area contributed by atoms with Crippen molar-refractivity contribution in [2.45, 2.75) is 0 Å². The molecule has 0 radical (unpaired) electrons. The molecule has 0 saturated heterocycles. The third kappa shape index (κ3) is 2.04. The highest BCUT2D eigenvalue weighted by molar-refractivity contribution is 6.05. The number of rotatable bonds is 3. The Morgan fingerprint density at radius 1 is 1.31 bits per heavy atom. The largest absolute Gasteiger partial charge is 0.331 e. The SMILES string of the molecule is N=C(/C=C\NN)c1cnc2ccccc2n1. The average Bonchev–Trinajstić information content (AvgIpc) is 2.35. The molecule has 0 amide bonds. The fourth-order valence-corrected chi connectivity index (χ4v) is 1.30. The van der Waals surface area contributed by atoms with Crippen LogP contribution in [0.15, 0.2) is 42.7 Å². The van der Waals surface area contributed by atoms with Crippen LogP contribution in [0.2, 0.25) is 0 Å². The fraction of sp³-hybridized carbons (Fsp3) is 0. The Morgan fingerprint density at radius 2 is 2.06 bits per heavy atom. The average molecular weight is 213 g/mol. The van der Waals surface area contributed by atoms with Crippen LogP contribution in [0.3, 0.4) is 0 Å². The van der Waals surface area contributed by atoms with Gasteiger partial charge in [-0.1, -0.05) is 12.1 Å². The van der Waals surface area contributed by atoms with Crippen molar-refractivity contribution < 1.29 is 0 Å². The van der Waals surface area contributed by atoms with Crippen molar-refractivity contribution in [1.29, 1.82) is 5.41 Å². The summed E-state index contributed by atoms with van der Waals surface area (Å²) >= 11 is 0. The monoisotopic (exact) mass is 213 g/mol. The molecule has 5 heteroatoms. The first kappa shape index (κ1) is 10.3. The quantitative estimate of drug-likeness (QED) is 0.403. The first-order valence-corrected chi connectivity index (χ1v) is 4.74. The second kappa shape index (κ2) is 4.50. The number of hydrogen-bond donors (Lipinski definition) is 3. The summed E-state index contributed by atoms with van der Waals surface area (Å²) in [6.07, 6.45) is 4.57. The van der Waals surface area contributed by atoms with Gasteiger partial charge in [-0.25, -0.2) is 4.98 Å². The van der Waals surface area contributed by atoms with E-state index in [4.69, 9.17) is 11.3 Å². The van der Waals surface area contributed by atoms with E-state index in [0.29, 0.717) is 5.69 Å². The molecule has 0 spiro atoms. The van der Waals surface area contributed by atoms with E-state index < -0.39 is 0 Å². The van der Waals surface area contributed by atoms with Crippen LogP contribution in [0.1, 0.15) is 5.69 Å². The minimum absolute atomic E-state index is 0.260. The number of hydrogen-bond acceptors (Lipinski definition) is 5. The van der Waals surface area contributed by atoms with Gasteiger partial charge in [-0.2, -0.15) is 0 Å². The van der Waals surface area contributed by atoms with Crippen LogP contribution >= 0.6 is 0 Å². The van der Waals surface area contributed by atoms with Gasteiger partial charge in [0, 0.05) is 6.20 Å². The number of fused-ring (bicyclic) bond motifs is 1. The van der Waals surface area contributed by atoms with Crippen LogP contribution in [0.25, 0.3) is 11.0 Å². The van der Waals surface area contributed by atoms with Crippen molar-refractivity contribution >= 4 is 16.7 Å². The summed E-state index contributed by atoms with van der Waals surface area (Å²) in [5.41, 5.74) is 4.71. The van der Waals surface area contributed by atoms with Crippen molar-refractivity contribution in [3.63, 3.8) is 0 Å². The number of hydrazine groups is 1. The minimum atomic E-state index is 0.260. The van der Waals surface area contributed by atoms with Crippen molar-refractivity contribution in [1.82, 2.24) is 15.4 Å². The zero-order valence-corrected chi connectivity index (χ0v) is 8.51. The Kier molecular flexibility index (Phi) is 2.88. The molecule has 0 saturated carbocycles. The number of allylic oxidation sites excluding steroid dienone is 1. The maximum absolute atomic E-state index is 7.72.